The van der Waals surface area contributed by atoms with Crippen molar-refractivity contribution in [1.29, 1.82) is 0 Å². The van der Waals surface area contributed by atoms with Gasteiger partial charge in [0.25, 0.3) is 11.8 Å². The lowest BCUT2D eigenvalue weighted by molar-refractivity contribution is -0.139. The molecule has 0 spiro atoms. The molecule has 2 heterocycles. The van der Waals surface area contributed by atoms with Crippen molar-refractivity contribution in [3.63, 3.8) is 0 Å². The number of piperidine rings is 1. The molecule has 1 aromatic carbocycles. The third-order valence-electron chi connectivity index (χ3n) is 6.33. The molecule has 2 atom stereocenters. The number of hydrazine groups is 1. The quantitative estimate of drug-likeness (QED) is 0.365. The maximum absolute atomic E-state index is 12.9. The van der Waals surface area contributed by atoms with Crippen LogP contribution in [0.5, 0.6) is 0 Å². The van der Waals surface area contributed by atoms with Crippen LogP contribution in [0.2, 0.25) is 0 Å². The van der Waals surface area contributed by atoms with Crippen LogP contribution in [0, 0.1) is 5.92 Å². The number of carbonyl (C=O) groups is 4. The lowest BCUT2D eigenvalue weighted by Crippen LogP contribution is -2.52. The van der Waals surface area contributed by atoms with Crippen LogP contribution in [0.1, 0.15) is 51.5 Å². The van der Waals surface area contributed by atoms with E-state index >= 15 is 0 Å². The number of nitrogens with one attached hydrogen (secondary N) is 3. The summed E-state index contributed by atoms with van der Waals surface area (Å²) in [4.78, 5) is 52.2. The van der Waals surface area contributed by atoms with Gasteiger partial charge < -0.3 is 10.6 Å². The minimum atomic E-state index is -1.08. The Morgan fingerprint density at radius 1 is 1.21 bits per heavy atom. The molecular weight excluding hydrogens is 422 g/mol. The molecule has 2 saturated heterocycles. The topological polar surface area (TPSA) is 111 Å². The van der Waals surface area contributed by atoms with Crippen molar-refractivity contribution < 1.29 is 19.2 Å². The number of carbonyl (C=O) groups excluding carboxylic acids is 4. The largest absolute Gasteiger partial charge is 0.356 e. The summed E-state index contributed by atoms with van der Waals surface area (Å²) < 4.78 is 0. The van der Waals surface area contributed by atoms with Gasteiger partial charge in [-0.05, 0) is 51.1 Å². The third-order valence-corrected chi connectivity index (χ3v) is 6.33. The van der Waals surface area contributed by atoms with Crippen molar-refractivity contribution in [2.75, 3.05) is 26.2 Å². The summed E-state index contributed by atoms with van der Waals surface area (Å²) in [5.74, 6) is -1.04. The molecule has 9 nitrogen and oxygen atoms in total. The molecule has 1 aromatic rings. The van der Waals surface area contributed by atoms with Gasteiger partial charge in [-0.25, -0.2) is 4.79 Å². The summed E-state index contributed by atoms with van der Waals surface area (Å²) in [5, 5.41) is 6.45. The van der Waals surface area contributed by atoms with Gasteiger partial charge in [0.05, 0.1) is 12.5 Å². The molecule has 2 fully saturated rings. The fraction of sp³-hybridized carbons (Fsp3) is 0.583. The Hall–Kier alpha value is -2.94. The third kappa shape index (κ3) is 6.54. The maximum atomic E-state index is 12.9. The van der Waals surface area contributed by atoms with E-state index in [2.05, 4.69) is 23.0 Å². The lowest BCUT2D eigenvalue weighted by atomic mass is 9.93. The average Bonchev–Trinajstić information content (AvgIpc) is 3.02. The van der Waals surface area contributed by atoms with Crippen LogP contribution < -0.4 is 16.1 Å². The van der Waals surface area contributed by atoms with Crippen molar-refractivity contribution in [2.24, 2.45) is 5.92 Å². The van der Waals surface area contributed by atoms with Crippen molar-refractivity contribution in [2.45, 2.75) is 57.9 Å². The van der Waals surface area contributed by atoms with Gasteiger partial charge in [0.15, 0.2) is 0 Å². The molecule has 0 saturated carbocycles. The van der Waals surface area contributed by atoms with Crippen LogP contribution in [0.15, 0.2) is 30.3 Å². The number of hydrogen-bond donors (Lipinski definition) is 3. The van der Waals surface area contributed by atoms with Crippen molar-refractivity contribution in [1.82, 2.24) is 26.0 Å². The zero-order chi connectivity index (χ0) is 23.8. The Balaban J connectivity index is 1.49. The highest BCUT2D eigenvalue weighted by Gasteiger charge is 2.48. The van der Waals surface area contributed by atoms with Gasteiger partial charge in [-0.1, -0.05) is 43.7 Å². The smallest absolute Gasteiger partial charge is 0.344 e. The summed E-state index contributed by atoms with van der Waals surface area (Å²) in [5.41, 5.74) is 2.45. The first-order valence-corrected chi connectivity index (χ1v) is 11.8. The van der Waals surface area contributed by atoms with E-state index in [-0.39, 0.29) is 18.4 Å². The number of urea groups is 1. The summed E-state index contributed by atoms with van der Waals surface area (Å²) in [6.07, 6.45) is 4.63. The van der Waals surface area contributed by atoms with Crippen molar-refractivity contribution >= 4 is 23.8 Å². The van der Waals surface area contributed by atoms with Gasteiger partial charge in [-0.2, -0.15) is 5.01 Å². The first-order chi connectivity index (χ1) is 15.8. The van der Waals surface area contributed by atoms with Gasteiger partial charge in [0, 0.05) is 13.1 Å². The number of imide groups is 1. The fourth-order valence-electron chi connectivity index (χ4n) is 4.30. The molecule has 0 aromatic heterocycles. The Kier molecular flexibility index (Phi) is 8.43. The number of amides is 5. The van der Waals surface area contributed by atoms with Crippen LogP contribution in [0.25, 0.3) is 0 Å². The second-order valence-corrected chi connectivity index (χ2v) is 9.14. The van der Waals surface area contributed by atoms with Crippen LogP contribution in [-0.4, -0.2) is 65.4 Å². The van der Waals surface area contributed by atoms with Crippen molar-refractivity contribution in [3.8, 4) is 0 Å². The second-order valence-electron chi connectivity index (χ2n) is 9.14. The molecule has 0 bridgehead atoms. The molecule has 3 rings (SSSR count). The Labute approximate surface area is 195 Å². The van der Waals surface area contributed by atoms with E-state index in [1.54, 1.807) is 6.92 Å². The second kappa shape index (κ2) is 11.3. The molecular formula is C24H35N5O4. The van der Waals surface area contributed by atoms with Crippen LogP contribution in [0.3, 0.4) is 0 Å². The molecule has 0 aliphatic carbocycles. The Bertz CT molecular complexity index is 862. The Morgan fingerprint density at radius 2 is 1.97 bits per heavy atom. The van der Waals surface area contributed by atoms with Gasteiger partial charge in [-0.3, -0.25) is 24.7 Å². The van der Waals surface area contributed by atoms with Crippen LogP contribution in [0.4, 0.5) is 4.79 Å². The van der Waals surface area contributed by atoms with Gasteiger partial charge in [-0.15, -0.1) is 0 Å². The predicted octanol–water partition coefficient (Wildman–Crippen LogP) is 1.59. The zero-order valence-electron chi connectivity index (χ0n) is 19.6. The number of aryl methyl sites for hydroxylation is 1. The standard InChI is InChI=1S/C24H35N5O4/c1-3-4-14-25-21(31)19-11-8-15-28(16-19)17-20(30)27-29-22(32)24(2,26-23(29)33)13-12-18-9-6-5-7-10-18/h5-7,9-10,19H,3-4,8,11-17H2,1-2H3,(H,25,31)(H,26,33)(H,27,30). The molecule has 5 amide bonds. The summed E-state index contributed by atoms with van der Waals surface area (Å²) >= 11 is 0. The number of unbranched alkanes of at least 4 members (excludes halogenated alkanes) is 1. The van der Waals surface area contributed by atoms with E-state index < -0.39 is 23.4 Å². The zero-order valence-corrected chi connectivity index (χ0v) is 19.6. The Morgan fingerprint density at radius 3 is 2.70 bits per heavy atom. The maximum Gasteiger partial charge on any atom is 0.344 e. The highest BCUT2D eigenvalue weighted by molar-refractivity contribution is 6.07. The molecule has 2 unspecified atom stereocenters. The summed E-state index contributed by atoms with van der Waals surface area (Å²) in [7, 11) is 0. The van der Waals surface area contributed by atoms with Gasteiger partial charge in [0.1, 0.15) is 5.54 Å². The van der Waals surface area contributed by atoms with Crippen LogP contribution in [-0.2, 0) is 20.8 Å². The summed E-state index contributed by atoms with van der Waals surface area (Å²) in [6, 6.07) is 9.10. The molecule has 3 N–H and O–H groups in total. The molecule has 33 heavy (non-hydrogen) atoms. The molecule has 0 radical (unpaired) electrons. The van der Waals surface area contributed by atoms with Crippen LogP contribution >= 0.6 is 0 Å². The average molecular weight is 458 g/mol. The number of benzene rings is 1. The fourth-order valence-corrected chi connectivity index (χ4v) is 4.30. The minimum absolute atomic E-state index is 0.0243. The molecule has 2 aliphatic heterocycles. The van der Waals surface area contributed by atoms with Crippen molar-refractivity contribution in [3.05, 3.63) is 35.9 Å². The minimum Gasteiger partial charge on any atom is -0.356 e. The first kappa shape index (κ1) is 24.7. The number of likely N-dealkylation sites (tertiary alicyclic amines) is 1. The molecule has 180 valence electrons. The SMILES string of the molecule is CCCCNC(=O)C1CCCN(CC(=O)NN2C(=O)NC(C)(CCc3ccccc3)C2=O)C1. The van der Waals surface area contributed by atoms with Gasteiger partial charge >= 0.3 is 6.03 Å². The van der Waals surface area contributed by atoms with E-state index in [1.165, 1.54) is 0 Å². The predicted molar refractivity (Wildman–Crippen MR) is 124 cm³/mol. The highest BCUT2D eigenvalue weighted by atomic mass is 16.2. The van der Waals surface area contributed by atoms with E-state index in [1.807, 2.05) is 35.2 Å². The first-order valence-electron chi connectivity index (χ1n) is 11.8. The van der Waals surface area contributed by atoms with E-state index in [9.17, 15) is 19.2 Å². The monoisotopic (exact) mass is 457 g/mol. The van der Waals surface area contributed by atoms with E-state index in [4.69, 9.17) is 0 Å². The number of hydrogen-bond acceptors (Lipinski definition) is 5. The molecule has 9 heteroatoms. The van der Waals surface area contributed by atoms with E-state index in [0.29, 0.717) is 32.5 Å². The van der Waals surface area contributed by atoms with Gasteiger partial charge in [0.2, 0.25) is 5.91 Å². The lowest BCUT2D eigenvalue weighted by Gasteiger charge is -2.31. The number of nitrogens with zero attached hydrogens (tertiary/aromatic N) is 2. The molecule has 2 aliphatic rings. The summed E-state index contributed by atoms with van der Waals surface area (Å²) in [6.45, 7) is 5.62. The number of rotatable bonds is 10. The highest BCUT2D eigenvalue weighted by Crippen LogP contribution is 2.22. The van der Waals surface area contributed by atoms with E-state index in [0.717, 1.165) is 36.3 Å². The normalized spacial score (nSPS) is 23.3.